The number of hydrogen-bond acceptors (Lipinski definition) is 4. The fraction of sp³-hybridized carbons (Fsp3) is 0.571. The van der Waals surface area contributed by atoms with Gasteiger partial charge in [-0.25, -0.2) is 4.68 Å². The Hall–Kier alpha value is -1.53. The van der Waals surface area contributed by atoms with Gasteiger partial charge >= 0.3 is 0 Å². The summed E-state index contributed by atoms with van der Waals surface area (Å²) in [5, 5.41) is 19.9. The van der Waals surface area contributed by atoms with E-state index in [1.54, 1.807) is 18.8 Å². The fourth-order valence-corrected chi connectivity index (χ4v) is 2.84. The lowest BCUT2D eigenvalue weighted by Gasteiger charge is -2.13. The number of aliphatic hydroxyl groups is 1. The molecule has 0 saturated carbocycles. The smallest absolute Gasteiger partial charge is 0.217 e. The van der Waals surface area contributed by atoms with Crippen LogP contribution in [-0.2, 0) is 20.0 Å². The number of ether oxygens (including phenoxy) is 1. The van der Waals surface area contributed by atoms with Crippen molar-refractivity contribution in [3.8, 4) is 5.88 Å². The van der Waals surface area contributed by atoms with E-state index in [2.05, 4.69) is 10.2 Å². The first-order valence-corrected chi connectivity index (χ1v) is 7.25. The maximum Gasteiger partial charge on any atom is 0.217 e. The number of halogens is 1. The monoisotopic (exact) mass is 312 g/mol. The van der Waals surface area contributed by atoms with Crippen LogP contribution in [0.2, 0.25) is 5.02 Å². The summed E-state index contributed by atoms with van der Waals surface area (Å²) < 4.78 is 8.77. The minimum atomic E-state index is -0.743. The van der Waals surface area contributed by atoms with Crippen molar-refractivity contribution in [2.45, 2.75) is 39.8 Å². The summed E-state index contributed by atoms with van der Waals surface area (Å²) in [5.41, 5.74) is 3.04. The second kappa shape index (κ2) is 6.07. The van der Waals surface area contributed by atoms with Gasteiger partial charge in [0, 0.05) is 20.0 Å². The van der Waals surface area contributed by atoms with Gasteiger partial charge in [0.1, 0.15) is 0 Å². The minimum absolute atomic E-state index is 0.371. The molecular weight excluding hydrogens is 292 g/mol. The van der Waals surface area contributed by atoms with Crippen LogP contribution in [0, 0.1) is 13.8 Å². The summed E-state index contributed by atoms with van der Waals surface area (Å²) in [6.07, 6.45) is -0.372. The van der Waals surface area contributed by atoms with Crippen LogP contribution < -0.4 is 4.74 Å². The molecule has 0 aliphatic heterocycles. The summed E-state index contributed by atoms with van der Waals surface area (Å²) in [5.74, 6) is 0.565. The molecule has 0 bridgehead atoms. The third-order valence-electron chi connectivity index (χ3n) is 3.58. The second-order valence-electron chi connectivity index (χ2n) is 5.01. The van der Waals surface area contributed by atoms with Crippen LogP contribution in [0.15, 0.2) is 0 Å². The molecule has 2 rings (SSSR count). The van der Waals surface area contributed by atoms with Crippen molar-refractivity contribution in [1.82, 2.24) is 19.6 Å². The van der Waals surface area contributed by atoms with Crippen molar-refractivity contribution >= 4 is 11.6 Å². The van der Waals surface area contributed by atoms with Crippen molar-refractivity contribution < 1.29 is 9.84 Å². The zero-order valence-corrected chi connectivity index (χ0v) is 13.8. The second-order valence-corrected chi connectivity index (χ2v) is 5.39. The van der Waals surface area contributed by atoms with E-state index >= 15 is 0 Å². The molecule has 2 aromatic rings. The molecule has 1 N–H and O–H groups in total. The van der Waals surface area contributed by atoms with E-state index in [1.807, 2.05) is 25.5 Å². The first-order valence-electron chi connectivity index (χ1n) is 6.88. The van der Waals surface area contributed by atoms with E-state index in [9.17, 15) is 5.11 Å². The highest BCUT2D eigenvalue weighted by molar-refractivity contribution is 6.31. The summed E-state index contributed by atoms with van der Waals surface area (Å²) in [6, 6.07) is 0. The molecule has 0 radical (unpaired) electrons. The van der Waals surface area contributed by atoms with Gasteiger partial charge in [-0.2, -0.15) is 10.2 Å². The molecule has 2 aromatic heterocycles. The Labute approximate surface area is 129 Å². The van der Waals surface area contributed by atoms with Crippen molar-refractivity contribution in [1.29, 1.82) is 0 Å². The van der Waals surface area contributed by atoms with Crippen LogP contribution in [0.5, 0.6) is 5.88 Å². The van der Waals surface area contributed by atoms with Crippen LogP contribution in [0.4, 0.5) is 0 Å². The van der Waals surface area contributed by atoms with Gasteiger partial charge in [0.05, 0.1) is 40.9 Å². The number of rotatable bonds is 5. The van der Waals surface area contributed by atoms with E-state index in [0.29, 0.717) is 29.4 Å². The predicted molar refractivity (Wildman–Crippen MR) is 80.8 cm³/mol. The highest BCUT2D eigenvalue weighted by Gasteiger charge is 2.24. The van der Waals surface area contributed by atoms with E-state index in [1.165, 1.54) is 0 Å². The van der Waals surface area contributed by atoms with Crippen molar-refractivity contribution in [2.75, 3.05) is 7.11 Å². The highest BCUT2D eigenvalue weighted by atomic mass is 35.5. The summed E-state index contributed by atoms with van der Waals surface area (Å²) in [4.78, 5) is 0. The van der Waals surface area contributed by atoms with Crippen LogP contribution in [0.1, 0.15) is 35.7 Å². The fourth-order valence-electron chi connectivity index (χ4n) is 2.63. The SMILES string of the molecule is CCn1nc(C)c(Cl)c1CC(O)c1c(C)nn(C)c1OC. The normalized spacial score (nSPS) is 12.7. The van der Waals surface area contributed by atoms with Crippen LogP contribution in [-0.4, -0.2) is 31.8 Å². The predicted octanol–water partition coefficient (Wildman–Crippen LogP) is 2.19. The Morgan fingerprint density at radius 1 is 1.29 bits per heavy atom. The van der Waals surface area contributed by atoms with Crippen LogP contribution in [0.25, 0.3) is 0 Å². The average Bonchev–Trinajstić information content (AvgIpc) is 2.88. The van der Waals surface area contributed by atoms with E-state index < -0.39 is 6.10 Å². The summed E-state index contributed by atoms with van der Waals surface area (Å²) in [7, 11) is 3.36. The third kappa shape index (κ3) is 2.78. The Morgan fingerprint density at radius 2 is 1.95 bits per heavy atom. The van der Waals surface area contributed by atoms with Crippen molar-refractivity contribution in [2.24, 2.45) is 7.05 Å². The average molecular weight is 313 g/mol. The molecule has 0 amide bonds. The summed E-state index contributed by atoms with van der Waals surface area (Å²) >= 11 is 6.30. The number of methoxy groups -OCH3 is 1. The molecule has 1 unspecified atom stereocenters. The number of aliphatic hydroxyl groups excluding tert-OH is 1. The molecule has 0 aliphatic rings. The number of hydrogen-bond donors (Lipinski definition) is 1. The highest BCUT2D eigenvalue weighted by Crippen LogP contribution is 2.32. The maximum absolute atomic E-state index is 10.6. The number of aryl methyl sites for hydroxylation is 4. The molecule has 6 nitrogen and oxygen atoms in total. The quantitative estimate of drug-likeness (QED) is 0.919. The van der Waals surface area contributed by atoms with Crippen molar-refractivity contribution in [3.05, 3.63) is 27.7 Å². The van der Waals surface area contributed by atoms with Crippen LogP contribution >= 0.6 is 11.6 Å². The van der Waals surface area contributed by atoms with Gasteiger partial charge in [0.2, 0.25) is 5.88 Å². The molecular formula is C14H21ClN4O2. The largest absolute Gasteiger partial charge is 0.481 e. The number of aromatic nitrogens is 4. The lowest BCUT2D eigenvalue weighted by molar-refractivity contribution is 0.169. The summed E-state index contributed by atoms with van der Waals surface area (Å²) in [6.45, 7) is 6.42. The lowest BCUT2D eigenvalue weighted by Crippen LogP contribution is -2.10. The molecule has 0 fully saturated rings. The first kappa shape index (κ1) is 15.9. The Bertz CT molecular complexity index is 648. The molecule has 0 spiro atoms. The topological polar surface area (TPSA) is 65.1 Å². The molecule has 7 heteroatoms. The maximum atomic E-state index is 10.6. The third-order valence-corrected chi connectivity index (χ3v) is 4.07. The van der Waals surface area contributed by atoms with Gasteiger partial charge in [-0.3, -0.25) is 4.68 Å². The molecule has 116 valence electrons. The van der Waals surface area contributed by atoms with Gasteiger partial charge in [-0.15, -0.1) is 0 Å². The molecule has 0 aromatic carbocycles. The minimum Gasteiger partial charge on any atom is -0.481 e. The molecule has 1 atom stereocenters. The van der Waals surface area contributed by atoms with Gasteiger partial charge in [-0.05, 0) is 20.8 Å². The van der Waals surface area contributed by atoms with E-state index in [-0.39, 0.29) is 0 Å². The zero-order valence-electron chi connectivity index (χ0n) is 13.0. The molecule has 2 heterocycles. The van der Waals surface area contributed by atoms with Gasteiger partial charge < -0.3 is 9.84 Å². The Morgan fingerprint density at radius 3 is 2.52 bits per heavy atom. The standard InChI is InChI=1S/C14H21ClN4O2/c1-6-19-10(13(15)9(3)17-19)7-11(20)12-8(2)16-18(4)14(12)21-5/h11,20H,6-7H2,1-5H3. The Balaban J connectivity index is 2.37. The molecule has 0 saturated heterocycles. The van der Waals surface area contributed by atoms with Gasteiger partial charge in [0.25, 0.3) is 0 Å². The van der Waals surface area contributed by atoms with E-state index in [0.717, 1.165) is 17.1 Å². The number of nitrogens with zero attached hydrogens (tertiary/aromatic N) is 4. The lowest BCUT2D eigenvalue weighted by atomic mass is 10.0. The van der Waals surface area contributed by atoms with Crippen LogP contribution in [0.3, 0.4) is 0 Å². The zero-order chi connectivity index (χ0) is 15.7. The Kier molecular flexibility index (Phi) is 4.58. The first-order chi connectivity index (χ1) is 9.90. The van der Waals surface area contributed by atoms with Gasteiger partial charge in [-0.1, -0.05) is 11.6 Å². The van der Waals surface area contributed by atoms with E-state index in [4.69, 9.17) is 16.3 Å². The molecule has 0 aliphatic carbocycles. The molecule has 21 heavy (non-hydrogen) atoms. The van der Waals surface area contributed by atoms with Crippen molar-refractivity contribution in [3.63, 3.8) is 0 Å². The van der Waals surface area contributed by atoms with Gasteiger partial charge in [0.15, 0.2) is 0 Å².